The van der Waals surface area contributed by atoms with Gasteiger partial charge in [0.05, 0.1) is 30.5 Å². The van der Waals surface area contributed by atoms with Gasteiger partial charge in [-0.05, 0) is 54.4 Å². The van der Waals surface area contributed by atoms with Gasteiger partial charge < -0.3 is 20.1 Å². The molecule has 0 aliphatic carbocycles. The summed E-state index contributed by atoms with van der Waals surface area (Å²) in [5.41, 5.74) is 4.40. The predicted molar refractivity (Wildman–Crippen MR) is 193 cm³/mol. The SMILES string of the molecule is C=CCC[C@H](Cc1ccccc1)C(=O)OC[C@H](CSCc1ccccc1)NC(=O)[C@H](CC=C)CC(=O)N1Cc2ccccc2C[C@H]1CO. The monoisotopic (exact) mass is 668 g/mol. The van der Waals surface area contributed by atoms with Gasteiger partial charge in [0.15, 0.2) is 0 Å². The van der Waals surface area contributed by atoms with Gasteiger partial charge in [-0.15, -0.1) is 13.2 Å². The van der Waals surface area contributed by atoms with Crippen LogP contribution in [0.1, 0.15) is 47.9 Å². The molecule has 2 N–H and O–H groups in total. The summed E-state index contributed by atoms with van der Waals surface area (Å²) < 4.78 is 5.89. The topological polar surface area (TPSA) is 95.9 Å². The molecule has 1 aliphatic heterocycles. The molecule has 8 heteroatoms. The number of allylic oxidation sites excluding steroid dienone is 2. The Morgan fingerprint density at radius 2 is 1.58 bits per heavy atom. The Morgan fingerprint density at radius 3 is 2.25 bits per heavy atom. The van der Waals surface area contributed by atoms with Crippen molar-refractivity contribution in [3.8, 4) is 0 Å². The second-order valence-corrected chi connectivity index (χ2v) is 13.4. The Kier molecular flexibility index (Phi) is 15.0. The van der Waals surface area contributed by atoms with E-state index in [1.165, 1.54) is 0 Å². The third-order valence-corrected chi connectivity index (χ3v) is 9.89. The minimum Gasteiger partial charge on any atom is -0.463 e. The van der Waals surface area contributed by atoms with Crippen LogP contribution in [0.5, 0.6) is 0 Å². The van der Waals surface area contributed by atoms with E-state index < -0.39 is 12.0 Å². The molecular formula is C40H48N2O5S. The predicted octanol–water partition coefficient (Wildman–Crippen LogP) is 6.30. The molecule has 4 atom stereocenters. The van der Waals surface area contributed by atoms with Crippen LogP contribution in [0.2, 0.25) is 0 Å². The number of aliphatic hydroxyl groups is 1. The zero-order valence-corrected chi connectivity index (χ0v) is 28.5. The first-order chi connectivity index (χ1) is 23.4. The number of thioether (sulfide) groups is 1. The quantitative estimate of drug-likeness (QED) is 0.115. The molecule has 0 radical (unpaired) electrons. The highest BCUT2D eigenvalue weighted by Gasteiger charge is 2.32. The molecule has 4 rings (SSSR count). The molecule has 254 valence electrons. The first kappa shape index (κ1) is 36.7. The lowest BCUT2D eigenvalue weighted by molar-refractivity contribution is -0.150. The molecule has 0 saturated heterocycles. The van der Waals surface area contributed by atoms with Gasteiger partial charge in [-0.1, -0.05) is 97.1 Å². The normalized spacial score (nSPS) is 15.8. The number of ether oxygens (including phenoxy) is 1. The summed E-state index contributed by atoms with van der Waals surface area (Å²) in [5, 5.41) is 13.2. The number of amides is 2. The van der Waals surface area contributed by atoms with Crippen LogP contribution in [0.3, 0.4) is 0 Å². The summed E-state index contributed by atoms with van der Waals surface area (Å²) in [6, 6.07) is 27.1. The van der Waals surface area contributed by atoms with E-state index >= 15 is 0 Å². The number of carbonyl (C=O) groups excluding carboxylic acids is 3. The number of rotatable bonds is 19. The standard InChI is InChI=1S/C40H48N2O5S/c1-3-5-19-34(22-30-15-8-6-9-16-30)40(46)47-27-36(29-48-28-31-17-10-7-11-18-31)41-39(45)33(14-4-2)24-38(44)42-25-35-21-13-12-20-32(35)23-37(42)26-43/h3-4,6-13,15-18,20-21,33-34,36-37,43H,1-2,5,14,19,22-29H2,(H,41,45)/t33-,34-,36-,37+/m1/s1. The lowest BCUT2D eigenvalue weighted by Crippen LogP contribution is -2.48. The first-order valence-corrected chi connectivity index (χ1v) is 17.9. The summed E-state index contributed by atoms with van der Waals surface area (Å²) >= 11 is 1.65. The van der Waals surface area contributed by atoms with E-state index in [4.69, 9.17) is 4.74 Å². The second-order valence-electron chi connectivity index (χ2n) is 12.3. The van der Waals surface area contributed by atoms with Gasteiger partial charge in [0.25, 0.3) is 0 Å². The van der Waals surface area contributed by atoms with E-state index in [2.05, 4.69) is 30.6 Å². The number of hydrogen-bond donors (Lipinski definition) is 2. The van der Waals surface area contributed by atoms with Crippen molar-refractivity contribution < 1.29 is 24.2 Å². The molecular weight excluding hydrogens is 621 g/mol. The van der Waals surface area contributed by atoms with Gasteiger partial charge in [0.1, 0.15) is 6.61 Å². The van der Waals surface area contributed by atoms with E-state index in [-0.39, 0.29) is 49.4 Å². The van der Waals surface area contributed by atoms with Crippen LogP contribution in [-0.2, 0) is 44.3 Å². The highest BCUT2D eigenvalue weighted by Crippen LogP contribution is 2.26. The average Bonchev–Trinajstić information content (AvgIpc) is 3.12. The van der Waals surface area contributed by atoms with Crippen molar-refractivity contribution in [2.24, 2.45) is 11.8 Å². The van der Waals surface area contributed by atoms with Gasteiger partial charge in [-0.3, -0.25) is 14.4 Å². The number of carbonyl (C=O) groups is 3. The van der Waals surface area contributed by atoms with Crippen molar-refractivity contribution >= 4 is 29.5 Å². The smallest absolute Gasteiger partial charge is 0.309 e. The van der Waals surface area contributed by atoms with Gasteiger partial charge in [0, 0.05) is 24.5 Å². The summed E-state index contributed by atoms with van der Waals surface area (Å²) in [5.74, 6) is -0.487. The Balaban J connectivity index is 1.43. The van der Waals surface area contributed by atoms with Crippen molar-refractivity contribution in [3.05, 3.63) is 132 Å². The molecule has 48 heavy (non-hydrogen) atoms. The van der Waals surface area contributed by atoms with Gasteiger partial charge >= 0.3 is 5.97 Å². The number of benzene rings is 3. The minimum atomic E-state index is -0.651. The van der Waals surface area contributed by atoms with Crippen LogP contribution in [-0.4, -0.2) is 58.8 Å². The number of fused-ring (bicyclic) bond motifs is 1. The highest BCUT2D eigenvalue weighted by atomic mass is 32.2. The number of nitrogens with zero attached hydrogens (tertiary/aromatic N) is 1. The van der Waals surface area contributed by atoms with Crippen molar-refractivity contribution in [3.63, 3.8) is 0 Å². The Labute approximate surface area is 289 Å². The molecule has 3 aromatic carbocycles. The lowest BCUT2D eigenvalue weighted by Gasteiger charge is -2.36. The molecule has 3 aromatic rings. The van der Waals surface area contributed by atoms with Crippen LogP contribution < -0.4 is 5.32 Å². The highest BCUT2D eigenvalue weighted by molar-refractivity contribution is 7.98. The van der Waals surface area contributed by atoms with E-state index in [9.17, 15) is 19.5 Å². The number of esters is 1. The van der Waals surface area contributed by atoms with Crippen LogP contribution in [0, 0.1) is 11.8 Å². The molecule has 1 heterocycles. The molecule has 0 fully saturated rings. The zero-order valence-electron chi connectivity index (χ0n) is 27.7. The Hall–Kier alpha value is -4.14. The van der Waals surface area contributed by atoms with Gasteiger partial charge in [-0.2, -0.15) is 11.8 Å². The van der Waals surface area contributed by atoms with Gasteiger partial charge in [0.2, 0.25) is 11.8 Å². The van der Waals surface area contributed by atoms with Crippen LogP contribution in [0.4, 0.5) is 0 Å². The van der Waals surface area contributed by atoms with E-state index in [0.29, 0.717) is 44.4 Å². The van der Waals surface area contributed by atoms with Crippen molar-refractivity contribution in [2.75, 3.05) is 19.0 Å². The molecule has 1 aliphatic rings. The molecule has 2 amide bonds. The van der Waals surface area contributed by atoms with E-state index in [1.807, 2.05) is 72.8 Å². The fourth-order valence-electron chi connectivity index (χ4n) is 6.02. The van der Waals surface area contributed by atoms with Crippen molar-refractivity contribution in [1.82, 2.24) is 10.2 Å². The number of aliphatic hydroxyl groups excluding tert-OH is 1. The van der Waals surface area contributed by atoms with Crippen molar-refractivity contribution in [1.29, 1.82) is 0 Å². The zero-order chi connectivity index (χ0) is 34.1. The lowest BCUT2D eigenvalue weighted by atomic mass is 9.92. The second kappa shape index (κ2) is 19.6. The average molecular weight is 669 g/mol. The molecule has 0 aromatic heterocycles. The Morgan fingerprint density at radius 1 is 0.917 bits per heavy atom. The van der Waals surface area contributed by atoms with Crippen LogP contribution in [0.25, 0.3) is 0 Å². The molecule has 7 nitrogen and oxygen atoms in total. The fourth-order valence-corrected chi connectivity index (χ4v) is 7.03. The maximum absolute atomic E-state index is 13.8. The van der Waals surface area contributed by atoms with E-state index in [1.54, 1.807) is 28.8 Å². The first-order valence-electron chi connectivity index (χ1n) is 16.7. The third-order valence-electron chi connectivity index (χ3n) is 8.71. The summed E-state index contributed by atoms with van der Waals surface area (Å²) in [4.78, 5) is 42.5. The van der Waals surface area contributed by atoms with Crippen LogP contribution >= 0.6 is 11.8 Å². The van der Waals surface area contributed by atoms with E-state index in [0.717, 1.165) is 28.0 Å². The molecule has 0 spiro atoms. The summed E-state index contributed by atoms with van der Waals surface area (Å²) in [6.07, 6.45) is 6.21. The maximum atomic E-state index is 13.8. The molecule has 0 bridgehead atoms. The van der Waals surface area contributed by atoms with Crippen molar-refractivity contribution in [2.45, 2.75) is 62.9 Å². The molecule has 0 unspecified atom stereocenters. The van der Waals surface area contributed by atoms with Gasteiger partial charge in [-0.25, -0.2) is 0 Å². The molecule has 0 saturated carbocycles. The Bertz CT molecular complexity index is 1480. The number of hydrogen-bond acceptors (Lipinski definition) is 6. The maximum Gasteiger partial charge on any atom is 0.309 e. The fraction of sp³-hybridized carbons (Fsp3) is 0.375. The minimum absolute atomic E-state index is 0.0130. The summed E-state index contributed by atoms with van der Waals surface area (Å²) in [6.45, 7) is 7.92. The number of nitrogens with one attached hydrogen (secondary N) is 1. The summed E-state index contributed by atoms with van der Waals surface area (Å²) in [7, 11) is 0. The largest absolute Gasteiger partial charge is 0.463 e. The van der Waals surface area contributed by atoms with Crippen LogP contribution in [0.15, 0.2) is 110 Å². The third kappa shape index (κ3) is 11.2.